The summed E-state index contributed by atoms with van der Waals surface area (Å²) in [6, 6.07) is 12.0. The van der Waals surface area contributed by atoms with E-state index in [1.807, 2.05) is 29.7 Å². The summed E-state index contributed by atoms with van der Waals surface area (Å²) < 4.78 is 15.6. The third-order valence-electron chi connectivity index (χ3n) is 6.01. The van der Waals surface area contributed by atoms with E-state index in [9.17, 15) is 9.18 Å². The Balaban J connectivity index is 1.71. The molecule has 7 nitrogen and oxygen atoms in total. The first kappa shape index (κ1) is 20.4. The fourth-order valence-electron chi connectivity index (χ4n) is 4.27. The lowest BCUT2D eigenvalue weighted by atomic mass is 10.1. The number of guanidine groups is 1. The van der Waals surface area contributed by atoms with Crippen LogP contribution < -0.4 is 4.90 Å². The maximum atomic E-state index is 13.6. The van der Waals surface area contributed by atoms with Crippen molar-refractivity contribution in [2.45, 2.75) is 33.4 Å². The van der Waals surface area contributed by atoms with Gasteiger partial charge in [0, 0.05) is 18.3 Å². The van der Waals surface area contributed by atoms with Crippen molar-refractivity contribution >= 4 is 17.7 Å². The number of fused-ring (bicyclic) bond motifs is 3. The molecule has 0 fully saturated rings. The van der Waals surface area contributed by atoms with Gasteiger partial charge in [0.05, 0.1) is 24.8 Å². The number of aromatic nitrogens is 3. The molecule has 5 rings (SSSR count). The van der Waals surface area contributed by atoms with Crippen LogP contribution in [0.5, 0.6) is 0 Å². The molecular formula is C24H25FN6O. The smallest absolute Gasteiger partial charge is 0.283 e. The fraction of sp³-hybridized carbons (Fsp3) is 0.333. The molecule has 8 heteroatoms. The van der Waals surface area contributed by atoms with Crippen LogP contribution in [-0.2, 0) is 6.54 Å². The first-order valence-corrected chi connectivity index (χ1v) is 10.9. The SMILES string of the molecule is CCN1C(=O)c2nc(-c3ccc(F)cc3)n(Cc3ccccn3)c2N2C[C@@H](C(C)C)N=C12. The maximum absolute atomic E-state index is 13.6. The van der Waals surface area contributed by atoms with Gasteiger partial charge in [-0.05, 0) is 49.2 Å². The van der Waals surface area contributed by atoms with E-state index in [1.54, 1.807) is 23.2 Å². The Morgan fingerprint density at radius 2 is 1.94 bits per heavy atom. The molecule has 4 heterocycles. The van der Waals surface area contributed by atoms with E-state index < -0.39 is 0 Å². The molecule has 2 aliphatic rings. The van der Waals surface area contributed by atoms with Gasteiger partial charge in [-0.1, -0.05) is 19.9 Å². The molecule has 1 amide bonds. The van der Waals surface area contributed by atoms with Crippen LogP contribution in [0.15, 0.2) is 53.7 Å². The summed E-state index contributed by atoms with van der Waals surface area (Å²) in [5.74, 6) is 1.88. The number of imidazole rings is 1. The van der Waals surface area contributed by atoms with Crippen molar-refractivity contribution in [2.24, 2.45) is 10.9 Å². The molecule has 0 aliphatic carbocycles. The molecule has 0 radical (unpaired) electrons. The van der Waals surface area contributed by atoms with Gasteiger partial charge in [-0.2, -0.15) is 0 Å². The summed E-state index contributed by atoms with van der Waals surface area (Å²) in [5, 5.41) is 0. The number of pyridine rings is 1. The third kappa shape index (κ3) is 3.26. The standard InChI is InChI=1S/C24H25FN6O/c1-4-29-23(32)20-22(31-14-19(15(2)3)27-24(29)31)30(13-18-7-5-6-12-26-18)21(28-20)16-8-10-17(25)11-9-16/h5-12,15,19H,4,13-14H2,1-3H3/t19-/m0/s1. The second kappa shape index (κ2) is 7.85. The van der Waals surface area contributed by atoms with Crippen molar-refractivity contribution < 1.29 is 9.18 Å². The van der Waals surface area contributed by atoms with Crippen LogP contribution in [0.4, 0.5) is 10.2 Å². The average molecular weight is 433 g/mol. The highest BCUT2D eigenvalue weighted by molar-refractivity contribution is 6.18. The van der Waals surface area contributed by atoms with Gasteiger partial charge in [0.25, 0.3) is 5.91 Å². The highest BCUT2D eigenvalue weighted by Crippen LogP contribution is 2.37. The summed E-state index contributed by atoms with van der Waals surface area (Å²) in [6.07, 6.45) is 1.75. The van der Waals surface area contributed by atoms with Crippen molar-refractivity contribution in [3.8, 4) is 11.4 Å². The number of nitrogens with zero attached hydrogens (tertiary/aromatic N) is 6. The number of amides is 1. The van der Waals surface area contributed by atoms with Gasteiger partial charge in [-0.3, -0.25) is 19.6 Å². The van der Waals surface area contributed by atoms with Crippen LogP contribution in [0.25, 0.3) is 11.4 Å². The number of hydrogen-bond donors (Lipinski definition) is 0. The maximum Gasteiger partial charge on any atom is 0.283 e. The minimum Gasteiger partial charge on any atom is -0.304 e. The molecule has 1 atom stereocenters. The molecule has 32 heavy (non-hydrogen) atoms. The molecule has 2 aliphatic heterocycles. The summed E-state index contributed by atoms with van der Waals surface area (Å²) in [4.78, 5) is 31.4. The fourth-order valence-corrected chi connectivity index (χ4v) is 4.27. The molecule has 0 spiro atoms. The molecule has 164 valence electrons. The van der Waals surface area contributed by atoms with Crippen molar-refractivity contribution in [1.29, 1.82) is 0 Å². The number of aliphatic imine (C=N–C) groups is 1. The lowest BCUT2D eigenvalue weighted by Gasteiger charge is -2.33. The molecule has 0 bridgehead atoms. The average Bonchev–Trinajstić information content (AvgIpc) is 3.38. The number of anilines is 1. The molecule has 0 saturated carbocycles. The molecule has 0 saturated heterocycles. The zero-order valence-corrected chi connectivity index (χ0v) is 18.4. The summed E-state index contributed by atoms with van der Waals surface area (Å²) in [6.45, 7) is 7.85. The van der Waals surface area contributed by atoms with Crippen molar-refractivity contribution in [1.82, 2.24) is 19.4 Å². The van der Waals surface area contributed by atoms with E-state index in [1.165, 1.54) is 12.1 Å². The number of hydrogen-bond acceptors (Lipinski definition) is 5. The van der Waals surface area contributed by atoms with Crippen LogP contribution >= 0.6 is 0 Å². The predicted molar refractivity (Wildman–Crippen MR) is 121 cm³/mol. The quantitative estimate of drug-likeness (QED) is 0.615. The van der Waals surface area contributed by atoms with Crippen LogP contribution in [-0.4, -0.2) is 50.4 Å². The molecule has 0 N–H and O–H groups in total. The number of carbonyl (C=O) groups excluding carboxylic acids is 1. The minimum atomic E-state index is -0.316. The van der Waals surface area contributed by atoms with Crippen molar-refractivity contribution in [2.75, 3.05) is 18.0 Å². The molecule has 3 aromatic rings. The first-order valence-electron chi connectivity index (χ1n) is 10.9. The monoisotopic (exact) mass is 432 g/mol. The summed E-state index contributed by atoms with van der Waals surface area (Å²) >= 11 is 0. The highest BCUT2D eigenvalue weighted by Gasteiger charge is 2.44. The van der Waals surface area contributed by atoms with E-state index >= 15 is 0 Å². The Labute approximate surface area is 186 Å². The van der Waals surface area contributed by atoms with Gasteiger partial charge in [0.15, 0.2) is 5.69 Å². The Morgan fingerprint density at radius 3 is 2.59 bits per heavy atom. The Hall–Kier alpha value is -3.55. The Bertz CT molecular complexity index is 1190. The van der Waals surface area contributed by atoms with Crippen LogP contribution in [0, 0.1) is 11.7 Å². The van der Waals surface area contributed by atoms with Gasteiger partial charge < -0.3 is 4.57 Å². The molecule has 0 unspecified atom stereocenters. The summed E-state index contributed by atoms with van der Waals surface area (Å²) in [5.41, 5.74) is 1.98. The van der Waals surface area contributed by atoms with Crippen LogP contribution in [0.2, 0.25) is 0 Å². The largest absolute Gasteiger partial charge is 0.304 e. The van der Waals surface area contributed by atoms with Crippen molar-refractivity contribution in [3.05, 3.63) is 65.9 Å². The topological polar surface area (TPSA) is 66.6 Å². The molecular weight excluding hydrogens is 407 g/mol. The van der Waals surface area contributed by atoms with Gasteiger partial charge in [0.2, 0.25) is 5.96 Å². The number of carbonyl (C=O) groups is 1. The van der Waals surface area contributed by atoms with E-state index in [0.717, 1.165) is 17.1 Å². The second-order valence-electron chi connectivity index (χ2n) is 8.42. The lowest BCUT2D eigenvalue weighted by molar-refractivity contribution is 0.0841. The van der Waals surface area contributed by atoms with E-state index in [2.05, 4.69) is 23.7 Å². The van der Waals surface area contributed by atoms with Gasteiger partial charge in [-0.25, -0.2) is 14.4 Å². The minimum absolute atomic E-state index is 0.0882. The number of rotatable bonds is 5. The number of benzene rings is 1. The highest BCUT2D eigenvalue weighted by atomic mass is 19.1. The third-order valence-corrected chi connectivity index (χ3v) is 6.01. The molecule has 1 aromatic carbocycles. The number of halogens is 1. The predicted octanol–water partition coefficient (Wildman–Crippen LogP) is 3.81. The van der Waals surface area contributed by atoms with Crippen molar-refractivity contribution in [3.63, 3.8) is 0 Å². The van der Waals surface area contributed by atoms with E-state index in [-0.39, 0.29) is 17.8 Å². The first-order chi connectivity index (χ1) is 15.5. The second-order valence-corrected chi connectivity index (χ2v) is 8.42. The van der Waals surface area contributed by atoms with Gasteiger partial charge in [0.1, 0.15) is 17.5 Å². The van der Waals surface area contributed by atoms with Crippen LogP contribution in [0.3, 0.4) is 0 Å². The Morgan fingerprint density at radius 1 is 1.16 bits per heavy atom. The summed E-state index contributed by atoms with van der Waals surface area (Å²) in [7, 11) is 0. The van der Waals surface area contributed by atoms with E-state index in [4.69, 9.17) is 9.98 Å². The lowest BCUT2D eigenvalue weighted by Crippen LogP contribution is -2.50. The molecule has 2 aromatic heterocycles. The van der Waals surface area contributed by atoms with Gasteiger partial charge >= 0.3 is 0 Å². The normalized spacial score (nSPS) is 17.6. The van der Waals surface area contributed by atoms with E-state index in [0.29, 0.717) is 43.0 Å². The Kier molecular flexibility index (Phi) is 5.00. The van der Waals surface area contributed by atoms with Crippen LogP contribution in [0.1, 0.15) is 37.0 Å². The zero-order valence-electron chi connectivity index (χ0n) is 18.4. The van der Waals surface area contributed by atoms with Gasteiger partial charge in [-0.15, -0.1) is 0 Å². The zero-order chi connectivity index (χ0) is 22.4.